The van der Waals surface area contributed by atoms with Gasteiger partial charge < -0.3 is 25.0 Å². The maximum Gasteiger partial charge on any atom is 0.191 e. The zero-order valence-corrected chi connectivity index (χ0v) is 19.0. The van der Waals surface area contributed by atoms with E-state index in [9.17, 15) is 0 Å². The van der Waals surface area contributed by atoms with Crippen LogP contribution in [0, 0.1) is 6.92 Å². The highest BCUT2D eigenvalue weighted by atomic mass is 16.5. The molecule has 0 aliphatic carbocycles. The van der Waals surface area contributed by atoms with Gasteiger partial charge >= 0.3 is 0 Å². The number of hydrogen-bond acceptors (Lipinski definition) is 4. The van der Waals surface area contributed by atoms with Gasteiger partial charge in [0.1, 0.15) is 12.4 Å². The quantitative estimate of drug-likeness (QED) is 0.337. The molecule has 2 aromatic rings. The van der Waals surface area contributed by atoms with Crippen LogP contribution in [0.4, 0.5) is 0 Å². The Labute approximate surface area is 181 Å². The van der Waals surface area contributed by atoms with Crippen LogP contribution in [-0.2, 0) is 24.4 Å². The summed E-state index contributed by atoms with van der Waals surface area (Å²) in [6.45, 7) is 8.16. The van der Waals surface area contributed by atoms with Crippen molar-refractivity contribution in [2.24, 2.45) is 4.99 Å². The number of nitrogens with one attached hydrogen (secondary N) is 2. The van der Waals surface area contributed by atoms with Gasteiger partial charge in [0, 0.05) is 38.9 Å². The summed E-state index contributed by atoms with van der Waals surface area (Å²) in [4.78, 5) is 6.52. The molecule has 0 bridgehead atoms. The van der Waals surface area contributed by atoms with E-state index in [0.717, 1.165) is 23.8 Å². The van der Waals surface area contributed by atoms with Crippen LogP contribution in [0.25, 0.3) is 0 Å². The predicted octanol–water partition coefficient (Wildman–Crippen LogP) is 3.34. The predicted molar refractivity (Wildman–Crippen MR) is 124 cm³/mol. The Hall–Kier alpha value is -2.57. The van der Waals surface area contributed by atoms with Crippen molar-refractivity contribution in [2.75, 3.05) is 41.0 Å². The summed E-state index contributed by atoms with van der Waals surface area (Å²) in [5, 5.41) is 6.78. The highest BCUT2D eigenvalue weighted by molar-refractivity contribution is 5.79. The zero-order valence-electron chi connectivity index (χ0n) is 19.0. The number of aliphatic imine (C=N–C) groups is 1. The molecule has 0 aromatic heterocycles. The Kier molecular flexibility index (Phi) is 10.2. The van der Waals surface area contributed by atoms with Crippen LogP contribution in [0.5, 0.6) is 5.75 Å². The standard InChI is InChI=1S/C24H36N4O2/c1-6-29-12-13-30-23-14-19(2)10-11-22(23)17-27-24(25-3)26-16-20-8-7-9-21(15-20)18-28(4)5/h7-11,14-15H,6,12-13,16-18H2,1-5H3,(H2,25,26,27). The molecule has 2 aromatic carbocycles. The second kappa shape index (κ2) is 12.9. The fourth-order valence-corrected chi connectivity index (χ4v) is 3.09. The summed E-state index contributed by atoms with van der Waals surface area (Å²) in [6, 6.07) is 14.9. The Morgan fingerprint density at radius 1 is 1.00 bits per heavy atom. The molecule has 0 heterocycles. The van der Waals surface area contributed by atoms with Crippen LogP contribution in [0.2, 0.25) is 0 Å². The second-order valence-electron chi connectivity index (χ2n) is 7.49. The first-order chi connectivity index (χ1) is 14.5. The molecule has 0 atom stereocenters. The lowest BCUT2D eigenvalue weighted by Crippen LogP contribution is -2.36. The first-order valence-electron chi connectivity index (χ1n) is 10.5. The third-order valence-electron chi connectivity index (χ3n) is 4.53. The molecule has 2 rings (SSSR count). The average molecular weight is 413 g/mol. The number of aryl methyl sites for hydroxylation is 1. The second-order valence-corrected chi connectivity index (χ2v) is 7.49. The van der Waals surface area contributed by atoms with Crippen molar-refractivity contribution in [1.29, 1.82) is 0 Å². The topological polar surface area (TPSA) is 58.1 Å². The van der Waals surface area contributed by atoms with Gasteiger partial charge in [-0.05, 0) is 50.7 Å². The maximum atomic E-state index is 5.93. The molecule has 0 spiro atoms. The average Bonchev–Trinajstić information content (AvgIpc) is 2.72. The number of nitrogens with zero attached hydrogens (tertiary/aromatic N) is 2. The Morgan fingerprint density at radius 2 is 1.77 bits per heavy atom. The SMILES string of the molecule is CCOCCOc1cc(C)ccc1CNC(=NC)NCc1cccc(CN(C)C)c1. The summed E-state index contributed by atoms with van der Waals surface area (Å²) < 4.78 is 11.3. The van der Waals surface area contributed by atoms with Gasteiger partial charge in [-0.2, -0.15) is 0 Å². The van der Waals surface area contributed by atoms with Gasteiger partial charge in [0.25, 0.3) is 0 Å². The lowest BCUT2D eigenvalue weighted by atomic mass is 10.1. The van der Waals surface area contributed by atoms with E-state index in [1.165, 1.54) is 16.7 Å². The Morgan fingerprint density at radius 3 is 2.50 bits per heavy atom. The van der Waals surface area contributed by atoms with Crippen molar-refractivity contribution in [2.45, 2.75) is 33.5 Å². The molecular formula is C24H36N4O2. The number of benzene rings is 2. The maximum absolute atomic E-state index is 5.93. The molecule has 0 radical (unpaired) electrons. The van der Waals surface area contributed by atoms with Crippen LogP contribution in [0.15, 0.2) is 47.5 Å². The number of rotatable bonds is 11. The summed E-state index contributed by atoms with van der Waals surface area (Å²) in [6.07, 6.45) is 0. The molecule has 2 N–H and O–H groups in total. The van der Waals surface area contributed by atoms with Crippen molar-refractivity contribution >= 4 is 5.96 Å². The van der Waals surface area contributed by atoms with E-state index in [0.29, 0.717) is 32.9 Å². The highest BCUT2D eigenvalue weighted by Gasteiger charge is 2.07. The number of guanidine groups is 1. The van der Waals surface area contributed by atoms with E-state index >= 15 is 0 Å². The molecule has 0 fully saturated rings. The fourth-order valence-electron chi connectivity index (χ4n) is 3.09. The molecule has 6 nitrogen and oxygen atoms in total. The van der Waals surface area contributed by atoms with Crippen LogP contribution < -0.4 is 15.4 Å². The van der Waals surface area contributed by atoms with Crippen LogP contribution >= 0.6 is 0 Å². The lowest BCUT2D eigenvalue weighted by Gasteiger charge is -2.16. The van der Waals surface area contributed by atoms with Crippen LogP contribution in [0.3, 0.4) is 0 Å². The summed E-state index contributed by atoms with van der Waals surface area (Å²) in [5.41, 5.74) is 4.79. The monoisotopic (exact) mass is 412 g/mol. The number of ether oxygens (including phenoxy) is 2. The Bertz CT molecular complexity index is 806. The normalized spacial score (nSPS) is 11.6. The van der Waals surface area contributed by atoms with Gasteiger partial charge in [-0.15, -0.1) is 0 Å². The van der Waals surface area contributed by atoms with Crippen LogP contribution in [0.1, 0.15) is 29.2 Å². The molecule has 164 valence electrons. The third-order valence-corrected chi connectivity index (χ3v) is 4.53. The minimum atomic E-state index is 0.542. The van der Waals surface area contributed by atoms with Gasteiger partial charge in [0.15, 0.2) is 5.96 Å². The fraction of sp³-hybridized carbons (Fsp3) is 0.458. The molecule has 0 unspecified atom stereocenters. The van der Waals surface area contributed by atoms with Gasteiger partial charge in [0.05, 0.1) is 6.61 Å². The third kappa shape index (κ3) is 8.43. The van der Waals surface area contributed by atoms with Gasteiger partial charge in [-0.3, -0.25) is 4.99 Å². The first kappa shape index (κ1) is 23.7. The van der Waals surface area contributed by atoms with Gasteiger partial charge in [-0.1, -0.05) is 36.4 Å². The molecule has 0 aliphatic heterocycles. The molecule has 6 heteroatoms. The van der Waals surface area contributed by atoms with Crippen molar-refractivity contribution in [3.8, 4) is 5.75 Å². The molecule has 30 heavy (non-hydrogen) atoms. The van der Waals surface area contributed by atoms with E-state index in [-0.39, 0.29) is 0 Å². The first-order valence-corrected chi connectivity index (χ1v) is 10.5. The smallest absolute Gasteiger partial charge is 0.191 e. The van der Waals surface area contributed by atoms with E-state index in [1.807, 2.05) is 6.92 Å². The zero-order chi connectivity index (χ0) is 21.8. The van der Waals surface area contributed by atoms with Crippen molar-refractivity contribution in [1.82, 2.24) is 15.5 Å². The summed E-state index contributed by atoms with van der Waals surface area (Å²) in [5.74, 6) is 1.64. The van der Waals surface area contributed by atoms with E-state index in [2.05, 4.69) is 84.0 Å². The van der Waals surface area contributed by atoms with Gasteiger partial charge in [0.2, 0.25) is 0 Å². The largest absolute Gasteiger partial charge is 0.491 e. The highest BCUT2D eigenvalue weighted by Crippen LogP contribution is 2.20. The van der Waals surface area contributed by atoms with Crippen molar-refractivity contribution in [3.05, 3.63) is 64.7 Å². The molecule has 0 saturated heterocycles. The molecule has 0 saturated carbocycles. The Balaban J connectivity index is 1.91. The van der Waals surface area contributed by atoms with Crippen LogP contribution in [-0.4, -0.2) is 51.8 Å². The number of hydrogen-bond donors (Lipinski definition) is 2. The van der Waals surface area contributed by atoms with E-state index < -0.39 is 0 Å². The summed E-state index contributed by atoms with van der Waals surface area (Å²) >= 11 is 0. The minimum Gasteiger partial charge on any atom is -0.491 e. The van der Waals surface area contributed by atoms with Crippen molar-refractivity contribution < 1.29 is 9.47 Å². The molecule has 0 aliphatic rings. The molecule has 0 amide bonds. The van der Waals surface area contributed by atoms with E-state index in [1.54, 1.807) is 7.05 Å². The summed E-state index contributed by atoms with van der Waals surface area (Å²) in [7, 11) is 5.94. The van der Waals surface area contributed by atoms with Crippen molar-refractivity contribution in [3.63, 3.8) is 0 Å². The lowest BCUT2D eigenvalue weighted by molar-refractivity contribution is 0.110. The van der Waals surface area contributed by atoms with Gasteiger partial charge in [-0.25, -0.2) is 0 Å². The minimum absolute atomic E-state index is 0.542. The van der Waals surface area contributed by atoms with E-state index in [4.69, 9.17) is 9.47 Å². The molecular weight excluding hydrogens is 376 g/mol.